The van der Waals surface area contributed by atoms with Crippen LogP contribution in [-0.4, -0.2) is 55.1 Å². The number of hydrogen-bond donors (Lipinski definition) is 0. The van der Waals surface area contributed by atoms with E-state index in [0.29, 0.717) is 24.5 Å². The molecular weight excluding hydrogens is 414 g/mol. The molecule has 1 aromatic heterocycles. The molecule has 0 N–H and O–H groups in total. The zero-order valence-electron chi connectivity index (χ0n) is 18.7. The van der Waals surface area contributed by atoms with Crippen LogP contribution in [0.15, 0.2) is 24.3 Å². The van der Waals surface area contributed by atoms with E-state index in [2.05, 4.69) is 17.9 Å². The van der Waals surface area contributed by atoms with E-state index in [9.17, 15) is 0 Å². The summed E-state index contributed by atoms with van der Waals surface area (Å²) in [4.78, 5) is 11.9. The van der Waals surface area contributed by atoms with Crippen LogP contribution in [-0.2, 0) is 9.47 Å². The average Bonchev–Trinajstić information content (AvgIpc) is 3.53. The van der Waals surface area contributed by atoms with E-state index >= 15 is 0 Å². The summed E-state index contributed by atoms with van der Waals surface area (Å²) in [6.45, 7) is 7.29. The highest BCUT2D eigenvalue weighted by Gasteiger charge is 2.46. The second-order valence-electron chi connectivity index (χ2n) is 8.63. The zero-order chi connectivity index (χ0) is 21.8. The number of ether oxygens (including phenoxy) is 3. The van der Waals surface area contributed by atoms with E-state index in [1.54, 1.807) is 7.11 Å². The molecule has 1 saturated carbocycles. The summed E-state index contributed by atoms with van der Waals surface area (Å²) in [6, 6.07) is 7.90. The Morgan fingerprint density at radius 2 is 1.94 bits per heavy atom. The van der Waals surface area contributed by atoms with Gasteiger partial charge in [-0.05, 0) is 56.7 Å². The van der Waals surface area contributed by atoms with Crippen molar-refractivity contribution in [3.05, 3.63) is 34.9 Å². The third kappa shape index (κ3) is 5.48. The highest BCUT2D eigenvalue weighted by atomic mass is 35.5. The average molecular weight is 446 g/mol. The SMILES string of the molecule is CCCOC1CCN(c2nc(OC3(COC)CC3)cc(-c3ccc(Cl)c(C)c3)n2)CC1. The molecule has 6 nitrogen and oxygen atoms in total. The largest absolute Gasteiger partial charge is 0.468 e. The van der Waals surface area contributed by atoms with Crippen LogP contribution in [0.3, 0.4) is 0 Å². The van der Waals surface area contributed by atoms with Gasteiger partial charge in [0.15, 0.2) is 0 Å². The maximum absolute atomic E-state index is 6.32. The molecule has 0 spiro atoms. The molecule has 1 aromatic carbocycles. The smallest absolute Gasteiger partial charge is 0.229 e. The van der Waals surface area contributed by atoms with Gasteiger partial charge in [-0.15, -0.1) is 0 Å². The number of benzene rings is 1. The summed E-state index contributed by atoms with van der Waals surface area (Å²) >= 11 is 6.24. The number of hydrogen-bond acceptors (Lipinski definition) is 6. The van der Waals surface area contributed by atoms with Gasteiger partial charge in [0.2, 0.25) is 11.8 Å². The molecule has 2 aliphatic rings. The highest BCUT2D eigenvalue weighted by Crippen LogP contribution is 2.41. The molecular formula is C24H32ClN3O3. The Kier molecular flexibility index (Phi) is 6.99. The summed E-state index contributed by atoms with van der Waals surface area (Å²) in [6.07, 6.45) is 5.31. The molecule has 168 valence electrons. The Morgan fingerprint density at radius 3 is 2.58 bits per heavy atom. The standard InChI is InChI=1S/C24H32ClN3O3/c1-4-13-30-19-7-11-28(12-8-19)23-26-21(18-5-6-20(25)17(2)14-18)15-22(27-23)31-24(9-10-24)16-29-3/h5-6,14-15,19H,4,7-13,16H2,1-3H3. The van der Waals surface area contributed by atoms with Gasteiger partial charge < -0.3 is 19.1 Å². The fraction of sp³-hybridized carbons (Fsp3) is 0.583. The first-order chi connectivity index (χ1) is 15.0. The van der Waals surface area contributed by atoms with E-state index < -0.39 is 0 Å². The summed E-state index contributed by atoms with van der Waals surface area (Å²) in [7, 11) is 1.71. The van der Waals surface area contributed by atoms with E-state index in [0.717, 1.165) is 73.6 Å². The molecule has 31 heavy (non-hydrogen) atoms. The van der Waals surface area contributed by atoms with Crippen molar-refractivity contribution < 1.29 is 14.2 Å². The van der Waals surface area contributed by atoms with Gasteiger partial charge in [0.05, 0.1) is 18.4 Å². The maximum Gasteiger partial charge on any atom is 0.229 e. The molecule has 2 aromatic rings. The molecule has 0 amide bonds. The molecule has 1 saturated heterocycles. The van der Waals surface area contributed by atoms with Crippen molar-refractivity contribution in [3.8, 4) is 17.1 Å². The van der Waals surface area contributed by atoms with Crippen LogP contribution in [0.4, 0.5) is 5.95 Å². The first-order valence-electron chi connectivity index (χ1n) is 11.2. The lowest BCUT2D eigenvalue weighted by molar-refractivity contribution is 0.0373. The molecule has 2 fully saturated rings. The number of nitrogens with zero attached hydrogens (tertiary/aromatic N) is 3. The molecule has 0 atom stereocenters. The molecule has 0 unspecified atom stereocenters. The predicted octanol–water partition coefficient (Wildman–Crippen LogP) is 5.06. The normalized spacial score (nSPS) is 18.3. The van der Waals surface area contributed by atoms with E-state index in [1.165, 1.54) is 0 Å². The summed E-state index contributed by atoms with van der Waals surface area (Å²) in [5, 5.41) is 0.751. The van der Waals surface area contributed by atoms with Crippen molar-refractivity contribution in [3.63, 3.8) is 0 Å². The van der Waals surface area contributed by atoms with Crippen LogP contribution in [0.1, 0.15) is 44.6 Å². The minimum Gasteiger partial charge on any atom is -0.468 e. The minimum absolute atomic E-state index is 0.255. The maximum atomic E-state index is 6.32. The second-order valence-corrected chi connectivity index (χ2v) is 9.04. The van der Waals surface area contributed by atoms with Crippen LogP contribution < -0.4 is 9.64 Å². The van der Waals surface area contributed by atoms with Gasteiger partial charge in [0, 0.05) is 43.5 Å². The number of anilines is 1. The van der Waals surface area contributed by atoms with E-state index in [1.807, 2.05) is 25.1 Å². The van der Waals surface area contributed by atoms with Crippen LogP contribution in [0.25, 0.3) is 11.3 Å². The monoisotopic (exact) mass is 445 g/mol. The van der Waals surface area contributed by atoms with E-state index in [4.69, 9.17) is 35.8 Å². The lowest BCUT2D eigenvalue weighted by Gasteiger charge is -2.32. The zero-order valence-corrected chi connectivity index (χ0v) is 19.5. The third-order valence-electron chi connectivity index (χ3n) is 5.96. The fourth-order valence-electron chi connectivity index (χ4n) is 3.97. The van der Waals surface area contributed by atoms with Gasteiger partial charge in [0.1, 0.15) is 5.60 Å². The third-order valence-corrected chi connectivity index (χ3v) is 6.39. The lowest BCUT2D eigenvalue weighted by Crippen LogP contribution is -2.38. The van der Waals surface area contributed by atoms with Crippen LogP contribution in [0.2, 0.25) is 5.02 Å². The molecule has 1 aliphatic heterocycles. The first kappa shape index (κ1) is 22.3. The minimum atomic E-state index is -0.255. The number of rotatable bonds is 9. The lowest BCUT2D eigenvalue weighted by atomic mass is 10.1. The molecule has 1 aliphatic carbocycles. The first-order valence-corrected chi connectivity index (χ1v) is 11.6. The van der Waals surface area contributed by atoms with Crippen molar-refractivity contribution >= 4 is 17.5 Å². The Morgan fingerprint density at radius 1 is 1.16 bits per heavy atom. The van der Waals surface area contributed by atoms with Gasteiger partial charge >= 0.3 is 0 Å². The van der Waals surface area contributed by atoms with E-state index in [-0.39, 0.29) is 5.60 Å². The fourth-order valence-corrected chi connectivity index (χ4v) is 4.08. The van der Waals surface area contributed by atoms with Gasteiger partial charge in [-0.25, -0.2) is 4.98 Å². The number of aryl methyl sites for hydroxylation is 1. The number of piperidine rings is 1. The van der Waals surface area contributed by atoms with Crippen molar-refractivity contribution in [2.75, 3.05) is 38.3 Å². The predicted molar refractivity (Wildman–Crippen MR) is 123 cm³/mol. The summed E-state index contributed by atoms with van der Waals surface area (Å²) in [5.41, 5.74) is 2.62. The van der Waals surface area contributed by atoms with Gasteiger partial charge in [-0.3, -0.25) is 0 Å². The quantitative estimate of drug-likeness (QED) is 0.537. The highest BCUT2D eigenvalue weighted by molar-refractivity contribution is 6.31. The Balaban J connectivity index is 1.59. The van der Waals surface area contributed by atoms with Crippen LogP contribution in [0.5, 0.6) is 5.88 Å². The van der Waals surface area contributed by atoms with Crippen molar-refractivity contribution in [2.45, 2.75) is 57.7 Å². The molecule has 4 rings (SSSR count). The second kappa shape index (κ2) is 9.72. The van der Waals surface area contributed by atoms with Crippen molar-refractivity contribution in [1.82, 2.24) is 9.97 Å². The molecule has 2 heterocycles. The number of halogens is 1. The molecule has 0 bridgehead atoms. The van der Waals surface area contributed by atoms with Crippen molar-refractivity contribution in [2.24, 2.45) is 0 Å². The van der Waals surface area contributed by atoms with Gasteiger partial charge in [-0.2, -0.15) is 4.98 Å². The van der Waals surface area contributed by atoms with Crippen molar-refractivity contribution in [1.29, 1.82) is 0 Å². The topological polar surface area (TPSA) is 56.7 Å². The number of aromatic nitrogens is 2. The van der Waals surface area contributed by atoms with Crippen LogP contribution in [0, 0.1) is 6.92 Å². The number of methoxy groups -OCH3 is 1. The summed E-state index contributed by atoms with van der Waals surface area (Å²) < 4.78 is 17.6. The van der Waals surface area contributed by atoms with Gasteiger partial charge in [0.25, 0.3) is 0 Å². The van der Waals surface area contributed by atoms with Crippen LogP contribution >= 0.6 is 11.6 Å². The van der Waals surface area contributed by atoms with Gasteiger partial charge in [-0.1, -0.05) is 24.6 Å². The Hall–Kier alpha value is -1.89. The Labute approximate surface area is 189 Å². The molecule has 7 heteroatoms. The Bertz CT molecular complexity index is 896. The summed E-state index contributed by atoms with van der Waals surface area (Å²) in [5.74, 6) is 1.31. The molecule has 0 radical (unpaired) electrons.